The third-order valence-corrected chi connectivity index (χ3v) is 2.78. The molecule has 0 unspecified atom stereocenters. The lowest BCUT2D eigenvalue weighted by Gasteiger charge is -2.04. The van der Waals surface area contributed by atoms with Gasteiger partial charge >= 0.3 is 0 Å². The van der Waals surface area contributed by atoms with E-state index >= 15 is 0 Å². The van der Waals surface area contributed by atoms with Crippen LogP contribution < -0.4 is 5.32 Å². The molecule has 0 aliphatic rings. The minimum Gasteiger partial charge on any atom is -0.311 e. The van der Waals surface area contributed by atoms with Gasteiger partial charge in [0.15, 0.2) is 0 Å². The molecule has 0 saturated carbocycles. The Kier molecular flexibility index (Phi) is 4.27. The first-order chi connectivity index (χ1) is 8.36. The highest BCUT2D eigenvalue weighted by molar-refractivity contribution is 5.14. The van der Waals surface area contributed by atoms with E-state index in [1.54, 1.807) is 10.9 Å². The molecular weight excluding hydrogens is 212 g/mol. The lowest BCUT2D eigenvalue weighted by molar-refractivity contribution is 0.601. The Balaban J connectivity index is 1.63. The second kappa shape index (κ2) is 6.15. The maximum Gasteiger partial charge on any atom is 0.0738 e. The van der Waals surface area contributed by atoms with Crippen molar-refractivity contribution in [2.75, 3.05) is 6.54 Å². The minimum atomic E-state index is 0.832. The summed E-state index contributed by atoms with van der Waals surface area (Å²) in [6.45, 7) is 1.85. The van der Waals surface area contributed by atoms with Crippen molar-refractivity contribution in [3.8, 4) is 0 Å². The molecule has 0 radical (unpaired) electrons. The fourth-order valence-corrected chi connectivity index (χ4v) is 1.75. The molecule has 0 fully saturated rings. The van der Waals surface area contributed by atoms with Gasteiger partial charge in [-0.1, -0.05) is 35.5 Å². The Morgan fingerprint density at radius 3 is 2.76 bits per heavy atom. The van der Waals surface area contributed by atoms with Gasteiger partial charge in [0, 0.05) is 13.6 Å². The van der Waals surface area contributed by atoms with E-state index in [9.17, 15) is 0 Å². The summed E-state index contributed by atoms with van der Waals surface area (Å²) in [5.41, 5.74) is 2.52. The molecule has 4 nitrogen and oxygen atoms in total. The number of rotatable bonds is 6. The molecule has 90 valence electrons. The van der Waals surface area contributed by atoms with E-state index in [2.05, 4.69) is 46.0 Å². The van der Waals surface area contributed by atoms with Crippen LogP contribution in [0.15, 0.2) is 36.5 Å². The van der Waals surface area contributed by atoms with Crippen LogP contribution in [-0.4, -0.2) is 21.5 Å². The van der Waals surface area contributed by atoms with Crippen LogP contribution >= 0.6 is 0 Å². The van der Waals surface area contributed by atoms with E-state index in [-0.39, 0.29) is 0 Å². The molecule has 0 aliphatic carbocycles. The monoisotopic (exact) mass is 230 g/mol. The van der Waals surface area contributed by atoms with Gasteiger partial charge in [0.25, 0.3) is 0 Å². The smallest absolute Gasteiger partial charge is 0.0738 e. The summed E-state index contributed by atoms with van der Waals surface area (Å²) in [5.74, 6) is 0. The molecule has 0 bridgehead atoms. The molecule has 17 heavy (non-hydrogen) atoms. The quantitative estimate of drug-likeness (QED) is 0.765. The predicted molar refractivity (Wildman–Crippen MR) is 67.5 cm³/mol. The molecule has 4 heteroatoms. The Hall–Kier alpha value is -1.68. The van der Waals surface area contributed by atoms with Crippen LogP contribution in [0.3, 0.4) is 0 Å². The van der Waals surface area contributed by atoms with Crippen LogP contribution in [-0.2, 0) is 20.0 Å². The van der Waals surface area contributed by atoms with Crippen molar-refractivity contribution in [2.45, 2.75) is 19.4 Å². The predicted octanol–water partition coefficient (Wildman–Crippen LogP) is 1.54. The van der Waals surface area contributed by atoms with Crippen LogP contribution in [0.25, 0.3) is 0 Å². The number of aromatic nitrogens is 3. The fraction of sp³-hybridized carbons (Fsp3) is 0.385. The Morgan fingerprint density at radius 2 is 2.06 bits per heavy atom. The van der Waals surface area contributed by atoms with Gasteiger partial charge in [0.2, 0.25) is 0 Å². The molecule has 1 aromatic heterocycles. The standard InChI is InChI=1S/C13H18N4/c1-17-13(11-15-16-17)10-14-9-5-8-12-6-3-2-4-7-12/h2-4,6-7,11,14H,5,8-10H2,1H3. The lowest BCUT2D eigenvalue weighted by atomic mass is 10.1. The number of hydrogen-bond donors (Lipinski definition) is 1. The van der Waals surface area contributed by atoms with E-state index < -0.39 is 0 Å². The molecule has 0 atom stereocenters. The van der Waals surface area contributed by atoms with Crippen molar-refractivity contribution in [2.24, 2.45) is 7.05 Å². The van der Waals surface area contributed by atoms with Crippen molar-refractivity contribution in [3.05, 3.63) is 47.8 Å². The Labute approximate surface area is 102 Å². The van der Waals surface area contributed by atoms with Crippen molar-refractivity contribution in [1.29, 1.82) is 0 Å². The number of nitrogens with zero attached hydrogens (tertiary/aromatic N) is 3. The third kappa shape index (κ3) is 3.67. The third-order valence-electron chi connectivity index (χ3n) is 2.78. The molecule has 1 N–H and O–H groups in total. The Bertz CT molecular complexity index is 436. The molecule has 2 rings (SSSR count). The van der Waals surface area contributed by atoms with Crippen molar-refractivity contribution in [1.82, 2.24) is 20.3 Å². The Morgan fingerprint density at radius 1 is 1.24 bits per heavy atom. The van der Waals surface area contributed by atoms with E-state index in [4.69, 9.17) is 0 Å². The zero-order chi connectivity index (χ0) is 11.9. The first kappa shape index (κ1) is 11.8. The average Bonchev–Trinajstić information content (AvgIpc) is 2.76. The average molecular weight is 230 g/mol. The van der Waals surface area contributed by atoms with Gasteiger partial charge in [-0.05, 0) is 24.9 Å². The van der Waals surface area contributed by atoms with E-state index in [1.165, 1.54) is 5.56 Å². The van der Waals surface area contributed by atoms with Gasteiger partial charge in [-0.3, -0.25) is 4.68 Å². The molecule has 0 aliphatic heterocycles. The molecule has 1 heterocycles. The maximum atomic E-state index is 3.89. The largest absolute Gasteiger partial charge is 0.311 e. The van der Waals surface area contributed by atoms with Crippen molar-refractivity contribution >= 4 is 0 Å². The highest BCUT2D eigenvalue weighted by atomic mass is 15.4. The van der Waals surface area contributed by atoms with Gasteiger partial charge < -0.3 is 5.32 Å². The first-order valence-electron chi connectivity index (χ1n) is 5.94. The highest BCUT2D eigenvalue weighted by Crippen LogP contribution is 2.01. The summed E-state index contributed by atoms with van der Waals surface area (Å²) in [4.78, 5) is 0. The first-order valence-corrected chi connectivity index (χ1v) is 5.94. The van der Waals surface area contributed by atoms with Gasteiger partial charge in [0.05, 0.1) is 11.9 Å². The zero-order valence-corrected chi connectivity index (χ0v) is 10.1. The van der Waals surface area contributed by atoms with Gasteiger partial charge in [-0.2, -0.15) is 0 Å². The second-order valence-corrected chi connectivity index (χ2v) is 4.11. The molecular formula is C13H18N4. The second-order valence-electron chi connectivity index (χ2n) is 4.11. The molecule has 0 saturated heterocycles. The summed E-state index contributed by atoms with van der Waals surface area (Å²) < 4.78 is 1.80. The number of nitrogens with one attached hydrogen (secondary N) is 1. The fourth-order valence-electron chi connectivity index (χ4n) is 1.75. The number of hydrogen-bond acceptors (Lipinski definition) is 3. The maximum absolute atomic E-state index is 3.89. The van der Waals surface area contributed by atoms with E-state index in [1.807, 2.05) is 7.05 Å². The number of aryl methyl sites for hydroxylation is 2. The highest BCUT2D eigenvalue weighted by Gasteiger charge is 1.98. The summed E-state index contributed by atoms with van der Waals surface area (Å²) in [6.07, 6.45) is 4.07. The van der Waals surface area contributed by atoms with Crippen LogP contribution in [0, 0.1) is 0 Å². The SMILES string of the molecule is Cn1nncc1CNCCCc1ccccc1. The lowest BCUT2D eigenvalue weighted by Crippen LogP contribution is -2.17. The van der Waals surface area contributed by atoms with Crippen molar-refractivity contribution < 1.29 is 0 Å². The topological polar surface area (TPSA) is 42.7 Å². The zero-order valence-electron chi connectivity index (χ0n) is 10.1. The van der Waals surface area contributed by atoms with Crippen LogP contribution in [0.4, 0.5) is 0 Å². The van der Waals surface area contributed by atoms with Crippen LogP contribution in [0.5, 0.6) is 0 Å². The van der Waals surface area contributed by atoms with E-state index in [0.29, 0.717) is 0 Å². The van der Waals surface area contributed by atoms with Gasteiger partial charge in [-0.25, -0.2) is 0 Å². The summed E-state index contributed by atoms with van der Waals surface area (Å²) in [7, 11) is 1.91. The molecule has 0 spiro atoms. The number of benzene rings is 1. The molecule has 1 aromatic carbocycles. The van der Waals surface area contributed by atoms with Gasteiger partial charge in [-0.15, -0.1) is 5.10 Å². The summed E-state index contributed by atoms with van der Waals surface area (Å²) in [5, 5.41) is 11.1. The van der Waals surface area contributed by atoms with Crippen LogP contribution in [0.1, 0.15) is 17.7 Å². The molecule has 2 aromatic rings. The van der Waals surface area contributed by atoms with Gasteiger partial charge in [0.1, 0.15) is 0 Å². The summed E-state index contributed by atoms with van der Waals surface area (Å²) >= 11 is 0. The van der Waals surface area contributed by atoms with Crippen LogP contribution in [0.2, 0.25) is 0 Å². The summed E-state index contributed by atoms with van der Waals surface area (Å²) in [6, 6.07) is 10.6. The van der Waals surface area contributed by atoms with E-state index in [0.717, 1.165) is 31.6 Å². The minimum absolute atomic E-state index is 0.832. The molecule has 0 amide bonds. The van der Waals surface area contributed by atoms with Crippen molar-refractivity contribution in [3.63, 3.8) is 0 Å². The normalized spacial score (nSPS) is 10.6.